The topological polar surface area (TPSA) is 38.1 Å². The minimum absolute atomic E-state index is 0.0931. The van der Waals surface area contributed by atoms with Gasteiger partial charge in [-0.3, -0.25) is 0 Å². The minimum atomic E-state index is 0.0931. The summed E-state index contributed by atoms with van der Waals surface area (Å²) in [6.45, 7) is 7.38. The molecule has 0 aliphatic heterocycles. The van der Waals surface area contributed by atoms with Crippen LogP contribution in [0, 0.1) is 0 Å². The first kappa shape index (κ1) is 13.4. The van der Waals surface area contributed by atoms with Crippen molar-refractivity contribution in [1.29, 1.82) is 0 Å². The maximum Gasteiger partial charge on any atom is 0.208 e. The largest absolute Gasteiger partial charge is 0.439 e. The number of nitrogens with one attached hydrogen (secondary N) is 1. The van der Waals surface area contributed by atoms with Crippen molar-refractivity contribution in [1.82, 2.24) is 10.3 Å². The van der Waals surface area contributed by atoms with Crippen LogP contribution in [0.25, 0.3) is 11.3 Å². The van der Waals surface area contributed by atoms with Crippen LogP contribution in [0.2, 0.25) is 0 Å². The first-order valence-corrected chi connectivity index (χ1v) is 7.32. The van der Waals surface area contributed by atoms with Crippen molar-refractivity contribution in [2.24, 2.45) is 0 Å². The fourth-order valence-corrected chi connectivity index (χ4v) is 2.39. The van der Waals surface area contributed by atoms with Gasteiger partial charge in [-0.1, -0.05) is 45.0 Å². The minimum Gasteiger partial charge on any atom is -0.439 e. The third-order valence-electron chi connectivity index (χ3n) is 3.67. The molecule has 1 N–H and O–H groups in total. The quantitative estimate of drug-likeness (QED) is 0.916. The van der Waals surface area contributed by atoms with Crippen LogP contribution in [0.15, 0.2) is 34.9 Å². The Morgan fingerprint density at radius 1 is 1.25 bits per heavy atom. The lowest BCUT2D eigenvalue weighted by Gasteiger charge is -2.21. The molecule has 1 aromatic heterocycles. The number of hydrogen-bond donors (Lipinski definition) is 1. The van der Waals surface area contributed by atoms with Gasteiger partial charge in [0.25, 0.3) is 0 Å². The Hall–Kier alpha value is -1.61. The van der Waals surface area contributed by atoms with Crippen LogP contribution in [0.1, 0.15) is 45.1 Å². The van der Waals surface area contributed by atoms with Gasteiger partial charge < -0.3 is 9.73 Å². The van der Waals surface area contributed by atoms with Crippen LogP contribution in [0.3, 0.4) is 0 Å². The normalized spacial score (nSPS) is 15.6. The molecule has 3 heteroatoms. The van der Waals surface area contributed by atoms with E-state index >= 15 is 0 Å². The molecule has 0 amide bonds. The molecule has 20 heavy (non-hydrogen) atoms. The zero-order valence-electron chi connectivity index (χ0n) is 12.4. The van der Waals surface area contributed by atoms with E-state index in [0.29, 0.717) is 6.04 Å². The van der Waals surface area contributed by atoms with Gasteiger partial charge in [-0.05, 0) is 23.8 Å². The molecule has 0 spiro atoms. The third kappa shape index (κ3) is 2.93. The maximum absolute atomic E-state index is 5.91. The molecule has 0 atom stereocenters. The molecule has 106 valence electrons. The van der Waals surface area contributed by atoms with E-state index in [-0.39, 0.29) is 5.41 Å². The van der Waals surface area contributed by atoms with E-state index in [1.54, 1.807) is 0 Å². The Labute approximate surface area is 120 Å². The van der Waals surface area contributed by atoms with E-state index in [9.17, 15) is 0 Å². The van der Waals surface area contributed by atoms with Crippen molar-refractivity contribution in [2.75, 3.05) is 0 Å². The van der Waals surface area contributed by atoms with Crippen LogP contribution in [0.5, 0.6) is 0 Å². The molecule has 1 aliphatic carbocycles. The summed E-state index contributed by atoms with van der Waals surface area (Å²) >= 11 is 0. The summed E-state index contributed by atoms with van der Waals surface area (Å²) in [6.07, 6.45) is 4.40. The van der Waals surface area contributed by atoms with E-state index in [4.69, 9.17) is 4.42 Å². The predicted molar refractivity (Wildman–Crippen MR) is 80.5 cm³/mol. The van der Waals surface area contributed by atoms with Crippen LogP contribution >= 0.6 is 0 Å². The Morgan fingerprint density at radius 3 is 2.70 bits per heavy atom. The fraction of sp³-hybridized carbons (Fsp3) is 0.471. The Kier molecular flexibility index (Phi) is 3.38. The lowest BCUT2D eigenvalue weighted by Crippen LogP contribution is -2.15. The van der Waals surface area contributed by atoms with E-state index in [1.165, 1.54) is 18.4 Å². The van der Waals surface area contributed by atoms with E-state index in [1.807, 2.05) is 6.20 Å². The van der Waals surface area contributed by atoms with Gasteiger partial charge in [0.15, 0.2) is 5.76 Å². The number of hydrogen-bond acceptors (Lipinski definition) is 3. The van der Waals surface area contributed by atoms with Crippen molar-refractivity contribution in [3.8, 4) is 11.3 Å². The molecule has 0 saturated heterocycles. The summed E-state index contributed by atoms with van der Waals surface area (Å²) in [5.74, 6) is 1.64. The molecular formula is C17H22N2O. The van der Waals surface area contributed by atoms with Crippen LogP contribution in [0.4, 0.5) is 0 Å². The van der Waals surface area contributed by atoms with Gasteiger partial charge in [0, 0.05) is 11.6 Å². The summed E-state index contributed by atoms with van der Waals surface area (Å²) in [6, 6.07) is 9.08. The summed E-state index contributed by atoms with van der Waals surface area (Å²) in [7, 11) is 0. The van der Waals surface area contributed by atoms with Gasteiger partial charge in [0.1, 0.15) is 0 Å². The SMILES string of the molecule is CC(C)(C)c1ccccc1-c1cnc(CNC2CC2)o1. The summed E-state index contributed by atoms with van der Waals surface area (Å²) in [4.78, 5) is 4.39. The van der Waals surface area contributed by atoms with E-state index in [0.717, 1.165) is 23.8 Å². The monoisotopic (exact) mass is 270 g/mol. The molecule has 1 fully saturated rings. The standard InChI is InChI=1S/C17H22N2O/c1-17(2,3)14-7-5-4-6-13(14)15-10-19-16(20-15)11-18-12-8-9-12/h4-7,10,12,18H,8-9,11H2,1-3H3. The average Bonchev–Trinajstić information content (AvgIpc) is 3.12. The van der Waals surface area contributed by atoms with Crippen molar-refractivity contribution in [3.05, 3.63) is 41.9 Å². The number of nitrogens with zero attached hydrogens (tertiary/aromatic N) is 1. The highest BCUT2D eigenvalue weighted by Crippen LogP contribution is 2.33. The molecule has 3 rings (SSSR count). The van der Waals surface area contributed by atoms with Crippen molar-refractivity contribution >= 4 is 0 Å². The van der Waals surface area contributed by atoms with Crippen molar-refractivity contribution in [2.45, 2.75) is 51.6 Å². The molecule has 0 radical (unpaired) electrons. The Balaban J connectivity index is 1.85. The van der Waals surface area contributed by atoms with E-state index < -0.39 is 0 Å². The van der Waals surface area contributed by atoms with Gasteiger partial charge in [-0.15, -0.1) is 0 Å². The number of aromatic nitrogens is 1. The summed E-state index contributed by atoms with van der Waals surface area (Å²) < 4.78 is 5.91. The van der Waals surface area contributed by atoms with Gasteiger partial charge in [-0.2, -0.15) is 0 Å². The van der Waals surface area contributed by atoms with Crippen molar-refractivity contribution in [3.63, 3.8) is 0 Å². The van der Waals surface area contributed by atoms with Crippen LogP contribution in [-0.4, -0.2) is 11.0 Å². The second-order valence-corrected chi connectivity index (χ2v) is 6.57. The summed E-state index contributed by atoms with van der Waals surface area (Å²) in [5.41, 5.74) is 2.53. The second kappa shape index (κ2) is 5.06. The number of oxazole rings is 1. The smallest absolute Gasteiger partial charge is 0.208 e. The first-order valence-electron chi connectivity index (χ1n) is 7.32. The number of benzene rings is 1. The highest BCUT2D eigenvalue weighted by molar-refractivity contribution is 5.63. The zero-order valence-corrected chi connectivity index (χ0v) is 12.4. The zero-order chi connectivity index (χ0) is 14.2. The molecule has 0 unspecified atom stereocenters. The number of rotatable bonds is 4. The molecule has 1 aromatic carbocycles. The summed E-state index contributed by atoms with van der Waals surface area (Å²) in [5, 5.41) is 3.43. The molecule has 0 bridgehead atoms. The fourth-order valence-electron chi connectivity index (χ4n) is 2.39. The maximum atomic E-state index is 5.91. The van der Waals surface area contributed by atoms with Gasteiger partial charge in [-0.25, -0.2) is 4.98 Å². The Bertz CT molecular complexity index is 591. The van der Waals surface area contributed by atoms with Crippen LogP contribution < -0.4 is 5.32 Å². The second-order valence-electron chi connectivity index (χ2n) is 6.57. The highest BCUT2D eigenvalue weighted by Gasteiger charge is 2.22. The molecule has 1 heterocycles. The average molecular weight is 270 g/mol. The third-order valence-corrected chi connectivity index (χ3v) is 3.67. The first-order chi connectivity index (χ1) is 9.54. The lowest BCUT2D eigenvalue weighted by atomic mass is 9.83. The lowest BCUT2D eigenvalue weighted by molar-refractivity contribution is 0.475. The van der Waals surface area contributed by atoms with Gasteiger partial charge >= 0.3 is 0 Å². The van der Waals surface area contributed by atoms with E-state index in [2.05, 4.69) is 55.3 Å². The molecule has 1 saturated carbocycles. The Morgan fingerprint density at radius 2 is 2.00 bits per heavy atom. The van der Waals surface area contributed by atoms with Gasteiger partial charge in [0.2, 0.25) is 5.89 Å². The molecular weight excluding hydrogens is 248 g/mol. The molecule has 1 aliphatic rings. The van der Waals surface area contributed by atoms with Crippen molar-refractivity contribution < 1.29 is 4.42 Å². The predicted octanol–water partition coefficient (Wildman–Crippen LogP) is 3.89. The highest BCUT2D eigenvalue weighted by atomic mass is 16.4. The van der Waals surface area contributed by atoms with Gasteiger partial charge in [0.05, 0.1) is 12.7 Å². The molecule has 2 aromatic rings. The molecule has 3 nitrogen and oxygen atoms in total. The van der Waals surface area contributed by atoms with Crippen LogP contribution in [-0.2, 0) is 12.0 Å².